The monoisotopic (exact) mass is 281 g/mol. The van der Waals surface area contributed by atoms with Crippen LogP contribution in [0.5, 0.6) is 0 Å². The van der Waals surface area contributed by atoms with Crippen molar-refractivity contribution in [3.05, 3.63) is 77.9 Å². The van der Waals surface area contributed by atoms with Gasteiger partial charge in [-0.3, -0.25) is 0 Å². The lowest BCUT2D eigenvalue weighted by atomic mass is 10.2. The summed E-state index contributed by atoms with van der Waals surface area (Å²) in [5.74, 6) is 0. The zero-order chi connectivity index (χ0) is 14.8. The zero-order valence-electron chi connectivity index (χ0n) is 11.9. The van der Waals surface area contributed by atoms with Gasteiger partial charge >= 0.3 is 6.09 Å². The first-order valence-corrected chi connectivity index (χ1v) is 7.01. The van der Waals surface area contributed by atoms with Gasteiger partial charge in [0.05, 0.1) is 0 Å². The molecular weight excluding hydrogens is 262 g/mol. The SMILES string of the molecule is O=C(NCCC=Cc1ccccc1)OCc1ccccc1. The Labute approximate surface area is 125 Å². The average molecular weight is 281 g/mol. The second-order valence-electron chi connectivity index (χ2n) is 4.59. The highest BCUT2D eigenvalue weighted by atomic mass is 16.5. The minimum atomic E-state index is -0.382. The van der Waals surface area contributed by atoms with Crippen LogP contribution < -0.4 is 5.32 Å². The summed E-state index contributed by atoms with van der Waals surface area (Å²) in [6.45, 7) is 0.865. The predicted octanol–water partition coefficient (Wildman–Crippen LogP) is 4.02. The molecule has 21 heavy (non-hydrogen) atoms. The molecule has 2 aromatic rings. The molecule has 1 amide bonds. The smallest absolute Gasteiger partial charge is 0.407 e. The van der Waals surface area contributed by atoms with Crippen LogP contribution in [0, 0.1) is 0 Å². The number of alkyl carbamates (subject to hydrolysis) is 1. The number of hydrogen-bond donors (Lipinski definition) is 1. The van der Waals surface area contributed by atoms with Crippen LogP contribution in [0.3, 0.4) is 0 Å². The fourth-order valence-electron chi connectivity index (χ4n) is 1.82. The van der Waals surface area contributed by atoms with Gasteiger partial charge in [0.15, 0.2) is 0 Å². The van der Waals surface area contributed by atoms with Crippen LogP contribution >= 0.6 is 0 Å². The lowest BCUT2D eigenvalue weighted by Gasteiger charge is -2.05. The molecule has 0 radical (unpaired) electrons. The van der Waals surface area contributed by atoms with Crippen molar-refractivity contribution < 1.29 is 9.53 Å². The first-order chi connectivity index (χ1) is 10.3. The third-order valence-electron chi connectivity index (χ3n) is 2.90. The largest absolute Gasteiger partial charge is 0.445 e. The molecule has 0 aliphatic heterocycles. The standard InChI is InChI=1S/C18H19NO2/c20-18(21-15-17-12-5-2-6-13-17)19-14-8-7-11-16-9-3-1-4-10-16/h1-7,9-13H,8,14-15H2,(H,19,20). The zero-order valence-corrected chi connectivity index (χ0v) is 11.9. The van der Waals surface area contributed by atoms with E-state index in [2.05, 4.69) is 5.32 Å². The summed E-state index contributed by atoms with van der Waals surface area (Å²) < 4.78 is 5.12. The van der Waals surface area contributed by atoms with Crippen LogP contribution in [-0.4, -0.2) is 12.6 Å². The molecule has 0 aromatic heterocycles. The number of benzene rings is 2. The molecule has 0 fully saturated rings. The molecule has 0 heterocycles. The highest BCUT2D eigenvalue weighted by Crippen LogP contribution is 2.02. The molecular formula is C18H19NO2. The highest BCUT2D eigenvalue weighted by Gasteiger charge is 2.00. The van der Waals surface area contributed by atoms with Gasteiger partial charge in [0.1, 0.15) is 6.61 Å². The van der Waals surface area contributed by atoms with Crippen LogP contribution in [-0.2, 0) is 11.3 Å². The van der Waals surface area contributed by atoms with Gasteiger partial charge in [0.25, 0.3) is 0 Å². The number of carbonyl (C=O) groups excluding carboxylic acids is 1. The van der Waals surface area contributed by atoms with E-state index in [1.165, 1.54) is 0 Å². The Kier molecular flexibility index (Phi) is 6.07. The van der Waals surface area contributed by atoms with Gasteiger partial charge in [0.2, 0.25) is 0 Å². The molecule has 0 spiro atoms. The summed E-state index contributed by atoms with van der Waals surface area (Å²) in [4.78, 5) is 11.5. The molecule has 0 bridgehead atoms. The molecule has 0 saturated heterocycles. The molecule has 1 N–H and O–H groups in total. The van der Waals surface area contributed by atoms with Crippen molar-refractivity contribution >= 4 is 12.2 Å². The fourth-order valence-corrected chi connectivity index (χ4v) is 1.82. The number of rotatable bonds is 6. The normalized spacial score (nSPS) is 10.5. The Bertz CT molecular complexity index is 564. The summed E-state index contributed by atoms with van der Waals surface area (Å²) >= 11 is 0. The topological polar surface area (TPSA) is 38.3 Å². The first kappa shape index (κ1) is 14.9. The minimum absolute atomic E-state index is 0.298. The summed E-state index contributed by atoms with van der Waals surface area (Å²) in [5, 5.41) is 2.73. The maximum absolute atomic E-state index is 11.5. The Morgan fingerprint density at radius 1 is 1.00 bits per heavy atom. The molecule has 108 valence electrons. The van der Waals surface area contributed by atoms with E-state index < -0.39 is 0 Å². The van der Waals surface area contributed by atoms with Gasteiger partial charge in [-0.15, -0.1) is 0 Å². The quantitative estimate of drug-likeness (QED) is 0.812. The summed E-state index contributed by atoms with van der Waals surface area (Å²) in [5.41, 5.74) is 2.14. The molecule has 2 aromatic carbocycles. The van der Waals surface area contributed by atoms with Crippen LogP contribution in [0.15, 0.2) is 66.7 Å². The molecule has 0 unspecified atom stereocenters. The van der Waals surface area contributed by atoms with E-state index in [-0.39, 0.29) is 6.09 Å². The van der Waals surface area contributed by atoms with Gasteiger partial charge < -0.3 is 10.1 Å². The number of hydrogen-bond acceptors (Lipinski definition) is 2. The van der Waals surface area contributed by atoms with Crippen molar-refractivity contribution in [3.63, 3.8) is 0 Å². The summed E-state index contributed by atoms with van der Waals surface area (Å²) in [6, 6.07) is 19.7. The van der Waals surface area contributed by atoms with Crippen molar-refractivity contribution in [2.24, 2.45) is 0 Å². The van der Waals surface area contributed by atoms with Crippen molar-refractivity contribution in [3.8, 4) is 0 Å². The number of ether oxygens (including phenoxy) is 1. The molecule has 2 rings (SSSR count). The molecule has 3 heteroatoms. The van der Waals surface area contributed by atoms with E-state index in [4.69, 9.17) is 4.74 Å². The first-order valence-electron chi connectivity index (χ1n) is 7.01. The maximum Gasteiger partial charge on any atom is 0.407 e. The van der Waals surface area contributed by atoms with Gasteiger partial charge in [0, 0.05) is 6.54 Å². The summed E-state index contributed by atoms with van der Waals surface area (Å²) in [7, 11) is 0. The predicted molar refractivity (Wildman–Crippen MR) is 84.7 cm³/mol. The lowest BCUT2D eigenvalue weighted by Crippen LogP contribution is -2.24. The van der Waals surface area contributed by atoms with Gasteiger partial charge in [-0.25, -0.2) is 4.79 Å². The van der Waals surface area contributed by atoms with Gasteiger partial charge in [-0.05, 0) is 17.5 Å². The van der Waals surface area contributed by atoms with Crippen molar-refractivity contribution in [1.82, 2.24) is 5.32 Å². The highest BCUT2D eigenvalue weighted by molar-refractivity contribution is 5.67. The molecule has 0 aliphatic carbocycles. The number of nitrogens with one attached hydrogen (secondary N) is 1. The van der Waals surface area contributed by atoms with Crippen LogP contribution in [0.2, 0.25) is 0 Å². The minimum Gasteiger partial charge on any atom is -0.445 e. The molecule has 0 saturated carbocycles. The third kappa shape index (κ3) is 5.95. The Hall–Kier alpha value is -2.55. The number of carbonyl (C=O) groups is 1. The third-order valence-corrected chi connectivity index (χ3v) is 2.90. The van der Waals surface area contributed by atoms with E-state index in [9.17, 15) is 4.79 Å². The van der Waals surface area contributed by atoms with Crippen LogP contribution in [0.4, 0.5) is 4.79 Å². The van der Waals surface area contributed by atoms with E-state index >= 15 is 0 Å². The average Bonchev–Trinajstić information content (AvgIpc) is 2.54. The Morgan fingerprint density at radius 3 is 2.38 bits per heavy atom. The second-order valence-corrected chi connectivity index (χ2v) is 4.59. The van der Waals surface area contributed by atoms with Crippen molar-refractivity contribution in [2.75, 3.05) is 6.54 Å². The summed E-state index contributed by atoms with van der Waals surface area (Å²) in [6.07, 6.45) is 4.46. The van der Waals surface area contributed by atoms with Crippen LogP contribution in [0.25, 0.3) is 6.08 Å². The van der Waals surface area contributed by atoms with E-state index in [1.54, 1.807) is 0 Å². The van der Waals surface area contributed by atoms with Gasteiger partial charge in [-0.1, -0.05) is 72.8 Å². The molecule has 0 aliphatic rings. The molecule has 0 atom stereocenters. The Morgan fingerprint density at radius 2 is 1.67 bits per heavy atom. The van der Waals surface area contributed by atoms with Crippen molar-refractivity contribution in [2.45, 2.75) is 13.0 Å². The van der Waals surface area contributed by atoms with E-state index in [0.717, 1.165) is 17.5 Å². The number of amides is 1. The van der Waals surface area contributed by atoms with Crippen molar-refractivity contribution in [1.29, 1.82) is 0 Å². The Balaban J connectivity index is 1.60. The second kappa shape index (κ2) is 8.59. The van der Waals surface area contributed by atoms with E-state index in [0.29, 0.717) is 13.2 Å². The molecule has 3 nitrogen and oxygen atoms in total. The fraction of sp³-hybridized carbons (Fsp3) is 0.167. The van der Waals surface area contributed by atoms with E-state index in [1.807, 2.05) is 72.8 Å². The van der Waals surface area contributed by atoms with Crippen LogP contribution in [0.1, 0.15) is 17.5 Å². The van der Waals surface area contributed by atoms with Gasteiger partial charge in [-0.2, -0.15) is 0 Å². The maximum atomic E-state index is 11.5. The lowest BCUT2D eigenvalue weighted by molar-refractivity contribution is 0.140.